The van der Waals surface area contributed by atoms with Crippen molar-refractivity contribution in [3.8, 4) is 5.75 Å². The van der Waals surface area contributed by atoms with Crippen LogP contribution in [0.4, 0.5) is 23.7 Å². The van der Waals surface area contributed by atoms with Gasteiger partial charge >= 0.3 is 12.2 Å². The molecule has 26 heavy (non-hydrogen) atoms. The van der Waals surface area contributed by atoms with Gasteiger partial charge in [-0.05, 0) is 40.2 Å². The summed E-state index contributed by atoms with van der Waals surface area (Å²) in [5.41, 5.74) is -0.440. The lowest BCUT2D eigenvalue weighted by Crippen LogP contribution is -2.32. The molecule has 0 aromatic heterocycles. The predicted octanol–water partition coefficient (Wildman–Crippen LogP) is 4.33. The van der Waals surface area contributed by atoms with E-state index in [1.165, 1.54) is 13.2 Å². The van der Waals surface area contributed by atoms with E-state index in [9.17, 15) is 23.1 Å². The molecular weight excluding hydrogens is 417 g/mol. The number of ether oxygens (including phenoxy) is 1. The molecule has 0 radical (unpaired) electrons. The Morgan fingerprint density at radius 1 is 1.27 bits per heavy atom. The fraction of sp³-hybridized carbons (Fsp3) is 0.235. The Morgan fingerprint density at radius 3 is 2.62 bits per heavy atom. The fourth-order valence-electron chi connectivity index (χ4n) is 2.20. The van der Waals surface area contributed by atoms with Gasteiger partial charge in [0.25, 0.3) is 0 Å². The van der Waals surface area contributed by atoms with Crippen LogP contribution in [0.1, 0.15) is 17.2 Å². The zero-order valence-corrected chi connectivity index (χ0v) is 15.2. The van der Waals surface area contributed by atoms with Crippen LogP contribution in [0, 0.1) is 0 Å². The normalized spacial score (nSPS) is 12.4. The maximum atomic E-state index is 12.8. The lowest BCUT2D eigenvalue weighted by Gasteiger charge is -2.16. The Bertz CT molecular complexity index is 784. The zero-order chi connectivity index (χ0) is 19.3. The fourth-order valence-corrected chi connectivity index (χ4v) is 2.55. The number of halogens is 4. The summed E-state index contributed by atoms with van der Waals surface area (Å²) in [7, 11) is 1.46. The molecule has 9 heteroatoms. The smallest absolute Gasteiger partial charge is 0.416 e. The number of carbonyl (C=O) groups excluding carboxylic acids is 1. The Kier molecular flexibility index (Phi) is 6.49. The van der Waals surface area contributed by atoms with Gasteiger partial charge in [-0.15, -0.1) is 0 Å². The van der Waals surface area contributed by atoms with E-state index in [1.54, 1.807) is 24.3 Å². The van der Waals surface area contributed by atoms with E-state index >= 15 is 0 Å². The van der Waals surface area contributed by atoms with Crippen LogP contribution in [0.5, 0.6) is 5.75 Å². The molecule has 0 heterocycles. The molecule has 2 amide bonds. The van der Waals surface area contributed by atoms with Crippen LogP contribution < -0.4 is 15.4 Å². The number of para-hydroxylation sites is 1. The summed E-state index contributed by atoms with van der Waals surface area (Å²) in [6.45, 7) is -0.150. The maximum absolute atomic E-state index is 12.8. The number of aliphatic hydroxyl groups excluding tert-OH is 1. The van der Waals surface area contributed by atoms with E-state index in [0.717, 1.165) is 12.1 Å². The third-order valence-electron chi connectivity index (χ3n) is 3.50. The second-order valence-corrected chi connectivity index (χ2v) is 6.14. The number of alkyl halides is 3. The largest absolute Gasteiger partial charge is 0.496 e. The van der Waals surface area contributed by atoms with Gasteiger partial charge in [0.1, 0.15) is 5.75 Å². The summed E-state index contributed by atoms with van der Waals surface area (Å²) in [5, 5.41) is 14.9. The predicted molar refractivity (Wildman–Crippen MR) is 94.1 cm³/mol. The number of hydrogen-bond acceptors (Lipinski definition) is 3. The van der Waals surface area contributed by atoms with Crippen LogP contribution in [0.25, 0.3) is 0 Å². The Labute approximate surface area is 156 Å². The molecule has 5 nitrogen and oxygen atoms in total. The number of urea groups is 1. The average molecular weight is 433 g/mol. The van der Waals surface area contributed by atoms with Gasteiger partial charge < -0.3 is 20.5 Å². The van der Waals surface area contributed by atoms with Crippen molar-refractivity contribution in [1.29, 1.82) is 0 Å². The summed E-state index contributed by atoms with van der Waals surface area (Å²) in [4.78, 5) is 11.9. The molecule has 0 saturated carbocycles. The van der Waals surface area contributed by atoms with Gasteiger partial charge in [0.05, 0.1) is 24.5 Å². The van der Waals surface area contributed by atoms with Crippen molar-refractivity contribution in [2.24, 2.45) is 0 Å². The topological polar surface area (TPSA) is 70.6 Å². The molecule has 1 unspecified atom stereocenters. The third-order valence-corrected chi connectivity index (χ3v) is 4.19. The number of rotatable bonds is 5. The van der Waals surface area contributed by atoms with Gasteiger partial charge in [-0.3, -0.25) is 0 Å². The van der Waals surface area contributed by atoms with E-state index in [0.29, 0.717) is 15.8 Å². The molecule has 140 valence electrons. The zero-order valence-electron chi connectivity index (χ0n) is 13.6. The summed E-state index contributed by atoms with van der Waals surface area (Å²) >= 11 is 3.09. The molecule has 0 spiro atoms. The minimum atomic E-state index is -4.52. The summed E-state index contributed by atoms with van der Waals surface area (Å²) < 4.78 is 43.7. The molecule has 0 bridgehead atoms. The summed E-state index contributed by atoms with van der Waals surface area (Å²) in [6.07, 6.45) is -5.56. The van der Waals surface area contributed by atoms with E-state index in [1.807, 2.05) is 0 Å². The molecule has 2 aromatic rings. The number of methoxy groups -OCH3 is 1. The maximum Gasteiger partial charge on any atom is 0.416 e. The number of benzene rings is 2. The Hall–Kier alpha value is -2.26. The van der Waals surface area contributed by atoms with Gasteiger partial charge in [0, 0.05) is 16.6 Å². The molecule has 0 aliphatic heterocycles. The monoisotopic (exact) mass is 432 g/mol. The van der Waals surface area contributed by atoms with Gasteiger partial charge in [-0.1, -0.05) is 18.2 Å². The van der Waals surface area contributed by atoms with Crippen molar-refractivity contribution < 1.29 is 27.8 Å². The van der Waals surface area contributed by atoms with Crippen LogP contribution in [0.3, 0.4) is 0 Å². The van der Waals surface area contributed by atoms with Gasteiger partial charge in [0.2, 0.25) is 0 Å². The standard InChI is InChI=1S/C17H16BrF3N2O3/c1-26-15-5-3-2-4-11(15)14(24)9-22-16(25)23-13-8-10(17(19,20)21)6-7-12(13)18/h2-8,14,24H,9H2,1H3,(H2,22,23,25). The number of amides is 2. The number of carbonyl (C=O) groups is 1. The van der Waals surface area contributed by atoms with Crippen LogP contribution >= 0.6 is 15.9 Å². The molecule has 0 fully saturated rings. The quantitative estimate of drug-likeness (QED) is 0.658. The highest BCUT2D eigenvalue weighted by Crippen LogP contribution is 2.34. The third kappa shape index (κ3) is 5.12. The second-order valence-electron chi connectivity index (χ2n) is 5.29. The molecular formula is C17H16BrF3N2O3. The van der Waals surface area contributed by atoms with E-state index in [-0.39, 0.29) is 12.2 Å². The highest BCUT2D eigenvalue weighted by Gasteiger charge is 2.31. The molecule has 3 N–H and O–H groups in total. The number of anilines is 1. The highest BCUT2D eigenvalue weighted by molar-refractivity contribution is 9.10. The van der Waals surface area contributed by atoms with Crippen LogP contribution in [-0.2, 0) is 6.18 Å². The first-order valence-corrected chi connectivity index (χ1v) is 8.24. The van der Waals surface area contributed by atoms with E-state index < -0.39 is 23.9 Å². The highest BCUT2D eigenvalue weighted by atomic mass is 79.9. The first-order valence-electron chi connectivity index (χ1n) is 7.45. The van der Waals surface area contributed by atoms with E-state index in [4.69, 9.17) is 4.74 Å². The molecule has 0 aliphatic rings. The summed E-state index contributed by atoms with van der Waals surface area (Å²) in [5.74, 6) is 0.461. The summed E-state index contributed by atoms with van der Waals surface area (Å²) in [6, 6.07) is 8.92. The first kappa shape index (κ1) is 20.1. The number of aliphatic hydroxyl groups is 1. The minimum absolute atomic E-state index is 0.0379. The molecule has 2 aromatic carbocycles. The Balaban J connectivity index is 2.01. The second kappa shape index (κ2) is 8.41. The van der Waals surface area contributed by atoms with E-state index in [2.05, 4.69) is 26.6 Å². The van der Waals surface area contributed by atoms with Crippen LogP contribution in [0.15, 0.2) is 46.9 Å². The van der Waals surface area contributed by atoms with Crippen molar-refractivity contribution in [2.45, 2.75) is 12.3 Å². The van der Waals surface area contributed by atoms with Gasteiger partial charge in [0.15, 0.2) is 0 Å². The first-order chi connectivity index (χ1) is 12.2. The van der Waals surface area contributed by atoms with Gasteiger partial charge in [-0.2, -0.15) is 13.2 Å². The lowest BCUT2D eigenvalue weighted by atomic mass is 10.1. The lowest BCUT2D eigenvalue weighted by molar-refractivity contribution is -0.137. The SMILES string of the molecule is COc1ccccc1C(O)CNC(=O)Nc1cc(C(F)(F)F)ccc1Br. The molecule has 1 atom stereocenters. The van der Waals surface area contributed by atoms with Crippen molar-refractivity contribution in [3.05, 3.63) is 58.1 Å². The number of hydrogen-bond donors (Lipinski definition) is 3. The van der Waals surface area contributed by atoms with Crippen molar-refractivity contribution in [3.63, 3.8) is 0 Å². The van der Waals surface area contributed by atoms with Crippen molar-refractivity contribution in [2.75, 3.05) is 19.0 Å². The van der Waals surface area contributed by atoms with Crippen molar-refractivity contribution in [1.82, 2.24) is 5.32 Å². The number of nitrogens with one attached hydrogen (secondary N) is 2. The van der Waals surface area contributed by atoms with Crippen LogP contribution in [0.2, 0.25) is 0 Å². The average Bonchev–Trinajstić information content (AvgIpc) is 2.60. The van der Waals surface area contributed by atoms with Crippen LogP contribution in [-0.4, -0.2) is 24.8 Å². The molecule has 0 saturated heterocycles. The minimum Gasteiger partial charge on any atom is -0.496 e. The van der Waals surface area contributed by atoms with Crippen molar-refractivity contribution >= 4 is 27.6 Å². The Morgan fingerprint density at radius 2 is 1.96 bits per heavy atom. The molecule has 2 rings (SSSR count). The molecule has 0 aliphatic carbocycles. The van der Waals surface area contributed by atoms with Gasteiger partial charge in [-0.25, -0.2) is 4.79 Å².